The van der Waals surface area contributed by atoms with E-state index in [-0.39, 0.29) is 29.2 Å². The molecule has 136 valence electrons. The van der Waals surface area contributed by atoms with E-state index < -0.39 is 0 Å². The molecule has 0 aliphatic rings. The molecular weight excluding hydrogens is 344 g/mol. The van der Waals surface area contributed by atoms with Crippen molar-refractivity contribution in [1.82, 2.24) is 4.98 Å². The molecule has 0 fully saturated rings. The summed E-state index contributed by atoms with van der Waals surface area (Å²) in [7, 11) is 3.14. The number of nitrogens with one attached hydrogen (secondary N) is 1. The maximum atomic E-state index is 9.46. The molecule has 1 aromatic carbocycles. The number of anilines is 2. The molecule has 0 radical (unpaired) electrons. The number of nitrogen functional groups attached to an aromatic ring is 1. The van der Waals surface area contributed by atoms with Crippen LogP contribution in [0.3, 0.4) is 0 Å². The average molecular weight is 362 g/mol. The Balaban J connectivity index is 2.23. The highest BCUT2D eigenvalue weighted by molar-refractivity contribution is 5.68. The maximum absolute atomic E-state index is 9.46. The Morgan fingerprint density at radius 1 is 1.07 bits per heavy atom. The number of methoxy groups -OCH3 is 2. The monoisotopic (exact) mass is 362 g/mol. The topological polar surface area (TPSA) is 141 Å². The number of hydrogen-bond acceptors (Lipinski definition) is 8. The van der Waals surface area contributed by atoms with Gasteiger partial charge in [-0.1, -0.05) is 6.07 Å². The van der Waals surface area contributed by atoms with Gasteiger partial charge in [-0.2, -0.15) is 15.8 Å². The van der Waals surface area contributed by atoms with Crippen LogP contribution in [0, 0.1) is 34.0 Å². The van der Waals surface area contributed by atoms with Crippen molar-refractivity contribution in [3.05, 3.63) is 40.5 Å². The van der Waals surface area contributed by atoms with Gasteiger partial charge in [-0.15, -0.1) is 0 Å². The molecule has 27 heavy (non-hydrogen) atoms. The van der Waals surface area contributed by atoms with Gasteiger partial charge in [-0.05, 0) is 24.1 Å². The van der Waals surface area contributed by atoms with Gasteiger partial charge >= 0.3 is 0 Å². The number of nitriles is 3. The Bertz CT molecular complexity index is 966. The van der Waals surface area contributed by atoms with E-state index in [1.54, 1.807) is 14.2 Å². The number of rotatable bonds is 7. The van der Waals surface area contributed by atoms with Gasteiger partial charge in [0.1, 0.15) is 29.3 Å². The summed E-state index contributed by atoms with van der Waals surface area (Å²) in [6, 6.07) is 11.5. The Morgan fingerprint density at radius 3 is 2.37 bits per heavy atom. The Hall–Kier alpha value is -3.96. The van der Waals surface area contributed by atoms with Crippen LogP contribution < -0.4 is 20.5 Å². The molecule has 0 bridgehead atoms. The molecular formula is C19H18N6O2. The first-order chi connectivity index (χ1) is 13.1. The zero-order valence-electron chi connectivity index (χ0n) is 15.0. The fourth-order valence-electron chi connectivity index (χ4n) is 2.65. The van der Waals surface area contributed by atoms with Crippen LogP contribution in [0.15, 0.2) is 18.2 Å². The van der Waals surface area contributed by atoms with Crippen LogP contribution in [0.25, 0.3) is 0 Å². The van der Waals surface area contributed by atoms with E-state index in [0.29, 0.717) is 30.0 Å². The molecule has 0 amide bonds. The Labute approximate surface area is 157 Å². The van der Waals surface area contributed by atoms with Crippen LogP contribution >= 0.6 is 0 Å². The smallest absolute Gasteiger partial charge is 0.160 e. The number of hydrogen-bond donors (Lipinski definition) is 2. The summed E-state index contributed by atoms with van der Waals surface area (Å²) in [6.45, 7) is 0.467. The largest absolute Gasteiger partial charge is 0.493 e. The fourth-order valence-corrected chi connectivity index (χ4v) is 2.65. The number of benzene rings is 1. The molecule has 0 spiro atoms. The average Bonchev–Trinajstić information content (AvgIpc) is 2.68. The highest BCUT2D eigenvalue weighted by atomic mass is 16.5. The summed E-state index contributed by atoms with van der Waals surface area (Å²) in [5, 5.41) is 30.7. The van der Waals surface area contributed by atoms with Crippen LogP contribution in [-0.2, 0) is 12.8 Å². The maximum Gasteiger partial charge on any atom is 0.160 e. The van der Waals surface area contributed by atoms with E-state index in [0.717, 1.165) is 5.56 Å². The third kappa shape index (κ3) is 4.18. The van der Waals surface area contributed by atoms with Gasteiger partial charge in [0.25, 0.3) is 0 Å². The molecule has 2 rings (SSSR count). The lowest BCUT2D eigenvalue weighted by Gasteiger charge is -2.13. The van der Waals surface area contributed by atoms with Crippen molar-refractivity contribution in [2.75, 3.05) is 31.8 Å². The molecule has 0 aliphatic heterocycles. The summed E-state index contributed by atoms with van der Waals surface area (Å²) in [4.78, 5) is 4.12. The van der Waals surface area contributed by atoms with Crippen LogP contribution in [0.5, 0.6) is 11.5 Å². The van der Waals surface area contributed by atoms with Crippen molar-refractivity contribution >= 4 is 11.6 Å². The second-order valence-corrected chi connectivity index (χ2v) is 5.50. The van der Waals surface area contributed by atoms with Crippen LogP contribution in [0.1, 0.15) is 22.3 Å². The highest BCUT2D eigenvalue weighted by Crippen LogP contribution is 2.28. The molecule has 0 atom stereocenters. The van der Waals surface area contributed by atoms with Gasteiger partial charge in [0.2, 0.25) is 0 Å². The SMILES string of the molecule is COc1ccc(CCNc2nc(N)c(C#N)c(CC#N)c2C#N)cc1OC. The van der Waals surface area contributed by atoms with Crippen molar-refractivity contribution in [3.8, 4) is 29.7 Å². The third-order valence-electron chi connectivity index (χ3n) is 3.96. The first-order valence-electron chi connectivity index (χ1n) is 8.03. The Morgan fingerprint density at radius 2 is 1.78 bits per heavy atom. The summed E-state index contributed by atoms with van der Waals surface area (Å²) >= 11 is 0. The number of nitrogens with zero attached hydrogens (tertiary/aromatic N) is 4. The van der Waals surface area contributed by atoms with E-state index in [1.807, 2.05) is 36.4 Å². The zero-order chi connectivity index (χ0) is 19.8. The van der Waals surface area contributed by atoms with Gasteiger partial charge in [0.05, 0.1) is 32.3 Å². The predicted octanol–water partition coefficient (Wildman–Crippen LogP) is 2.15. The van der Waals surface area contributed by atoms with E-state index in [1.165, 1.54) is 0 Å². The molecule has 8 nitrogen and oxygen atoms in total. The van der Waals surface area contributed by atoms with Gasteiger partial charge in [-0.3, -0.25) is 0 Å². The number of nitrogens with two attached hydrogens (primary N) is 1. The first-order valence-corrected chi connectivity index (χ1v) is 8.03. The van der Waals surface area contributed by atoms with Crippen LogP contribution in [-0.4, -0.2) is 25.7 Å². The summed E-state index contributed by atoms with van der Waals surface area (Å²) in [6.07, 6.45) is 0.531. The minimum absolute atomic E-state index is 0.00429. The number of aromatic nitrogens is 1. The lowest BCUT2D eigenvalue weighted by Crippen LogP contribution is -2.12. The van der Waals surface area contributed by atoms with Crippen molar-refractivity contribution in [2.24, 2.45) is 0 Å². The van der Waals surface area contributed by atoms with E-state index in [2.05, 4.69) is 10.3 Å². The van der Waals surface area contributed by atoms with Gasteiger partial charge < -0.3 is 20.5 Å². The fraction of sp³-hybridized carbons (Fsp3) is 0.263. The molecule has 8 heteroatoms. The number of pyridine rings is 1. The normalized spacial score (nSPS) is 9.59. The van der Waals surface area contributed by atoms with Crippen molar-refractivity contribution < 1.29 is 9.47 Å². The molecule has 2 aromatic rings. The van der Waals surface area contributed by atoms with Crippen molar-refractivity contribution in [1.29, 1.82) is 15.8 Å². The molecule has 0 saturated heterocycles. The molecule has 0 unspecified atom stereocenters. The molecule has 1 heterocycles. The number of ether oxygens (including phenoxy) is 2. The third-order valence-corrected chi connectivity index (χ3v) is 3.96. The quantitative estimate of drug-likeness (QED) is 0.763. The summed E-state index contributed by atoms with van der Waals surface area (Å²) < 4.78 is 10.5. The molecule has 3 N–H and O–H groups in total. The van der Waals surface area contributed by atoms with Crippen LogP contribution in [0.4, 0.5) is 11.6 Å². The minimum Gasteiger partial charge on any atom is -0.493 e. The molecule has 0 saturated carbocycles. The zero-order valence-corrected chi connectivity index (χ0v) is 15.0. The standard InChI is InChI=1S/C19H18N6O2/c1-26-16-4-3-12(9-17(16)27-2)6-8-24-19-15(11-22)13(5-7-20)14(10-21)18(23)25-19/h3-4,9H,5-6,8H2,1-2H3,(H3,23,24,25). The molecule has 1 aromatic heterocycles. The van der Waals surface area contributed by atoms with Crippen LogP contribution in [0.2, 0.25) is 0 Å². The van der Waals surface area contributed by atoms with E-state index in [9.17, 15) is 10.5 Å². The van der Waals surface area contributed by atoms with Gasteiger partial charge in [0, 0.05) is 12.1 Å². The lowest BCUT2D eigenvalue weighted by molar-refractivity contribution is 0.354. The van der Waals surface area contributed by atoms with E-state index in [4.69, 9.17) is 20.5 Å². The van der Waals surface area contributed by atoms with Crippen molar-refractivity contribution in [2.45, 2.75) is 12.8 Å². The summed E-state index contributed by atoms with van der Waals surface area (Å²) in [5.74, 6) is 1.53. The first kappa shape index (κ1) is 19.4. The van der Waals surface area contributed by atoms with Gasteiger partial charge in [-0.25, -0.2) is 4.98 Å². The highest BCUT2D eigenvalue weighted by Gasteiger charge is 2.18. The lowest BCUT2D eigenvalue weighted by atomic mass is 10.0. The molecule has 0 aliphatic carbocycles. The second-order valence-electron chi connectivity index (χ2n) is 5.50. The van der Waals surface area contributed by atoms with Crippen molar-refractivity contribution in [3.63, 3.8) is 0 Å². The van der Waals surface area contributed by atoms with Gasteiger partial charge in [0.15, 0.2) is 11.5 Å². The predicted molar refractivity (Wildman–Crippen MR) is 99.1 cm³/mol. The summed E-state index contributed by atoms with van der Waals surface area (Å²) in [5.41, 5.74) is 7.34. The Kier molecular flexibility index (Phi) is 6.41. The minimum atomic E-state index is -0.0944. The second kappa shape index (κ2) is 8.94. The van der Waals surface area contributed by atoms with E-state index >= 15 is 0 Å².